The highest BCUT2D eigenvalue weighted by molar-refractivity contribution is 5.85. The Morgan fingerprint density at radius 1 is 1.11 bits per heavy atom. The summed E-state index contributed by atoms with van der Waals surface area (Å²) in [6, 6.07) is 0. The molecule has 5 heteroatoms. The molecule has 0 spiro atoms. The van der Waals surface area contributed by atoms with E-state index in [1.807, 2.05) is 6.92 Å². The molecule has 0 aliphatic heterocycles. The maximum Gasteiger partial charge on any atom is 0.243 e. The van der Waals surface area contributed by atoms with E-state index in [2.05, 4.69) is 15.5 Å². The molecule has 1 saturated carbocycles. The van der Waals surface area contributed by atoms with Gasteiger partial charge in [0.15, 0.2) is 5.78 Å². The molecule has 0 aromatic carbocycles. The zero-order valence-corrected chi connectivity index (χ0v) is 11.1. The van der Waals surface area contributed by atoms with Crippen molar-refractivity contribution >= 4 is 24.1 Å². The highest BCUT2D eigenvalue weighted by Gasteiger charge is 2.29. The van der Waals surface area contributed by atoms with Crippen LogP contribution in [0, 0.1) is 11.8 Å². The SMILES string of the molecule is CC=NCC(=O)C1CCC(C(=O)N/N=C/C)CC1. The Kier molecular flexibility index (Phi) is 6.25. The van der Waals surface area contributed by atoms with Gasteiger partial charge in [-0.3, -0.25) is 14.6 Å². The highest BCUT2D eigenvalue weighted by atomic mass is 16.2. The number of aliphatic imine (C=N–C) groups is 1. The van der Waals surface area contributed by atoms with Crippen LogP contribution in [0.3, 0.4) is 0 Å². The molecule has 1 N–H and O–H groups in total. The van der Waals surface area contributed by atoms with E-state index in [1.165, 1.54) is 0 Å². The van der Waals surface area contributed by atoms with Gasteiger partial charge in [-0.05, 0) is 45.7 Å². The second-order valence-corrected chi connectivity index (χ2v) is 4.48. The van der Waals surface area contributed by atoms with Crippen LogP contribution < -0.4 is 5.43 Å². The molecule has 18 heavy (non-hydrogen) atoms. The molecular weight excluding hydrogens is 230 g/mol. The third-order valence-electron chi connectivity index (χ3n) is 3.29. The number of nitrogens with zero attached hydrogens (tertiary/aromatic N) is 2. The third kappa shape index (κ3) is 4.39. The van der Waals surface area contributed by atoms with Gasteiger partial charge >= 0.3 is 0 Å². The van der Waals surface area contributed by atoms with Crippen LogP contribution in [-0.2, 0) is 9.59 Å². The lowest BCUT2D eigenvalue weighted by Crippen LogP contribution is -2.32. The first-order valence-corrected chi connectivity index (χ1v) is 6.43. The molecule has 1 amide bonds. The van der Waals surface area contributed by atoms with Gasteiger partial charge in [-0.25, -0.2) is 5.43 Å². The van der Waals surface area contributed by atoms with Gasteiger partial charge in [0.05, 0.1) is 6.54 Å². The van der Waals surface area contributed by atoms with Crippen molar-refractivity contribution in [2.24, 2.45) is 21.9 Å². The topological polar surface area (TPSA) is 70.9 Å². The van der Waals surface area contributed by atoms with E-state index in [0.29, 0.717) is 0 Å². The van der Waals surface area contributed by atoms with Gasteiger partial charge in [-0.1, -0.05) is 0 Å². The van der Waals surface area contributed by atoms with Gasteiger partial charge < -0.3 is 0 Å². The van der Waals surface area contributed by atoms with Crippen LogP contribution in [0.25, 0.3) is 0 Å². The standard InChI is InChI=1S/C13H21N3O2/c1-3-14-9-12(17)10-5-7-11(8-6-10)13(18)16-15-4-2/h3-4,10-11H,5-9H2,1-2H3,(H,16,18)/b14-3?,15-4+. The number of carbonyl (C=O) groups is 2. The average Bonchev–Trinajstić information content (AvgIpc) is 2.42. The summed E-state index contributed by atoms with van der Waals surface area (Å²) in [7, 11) is 0. The van der Waals surface area contributed by atoms with Crippen LogP contribution in [0.2, 0.25) is 0 Å². The molecule has 0 aromatic rings. The first-order chi connectivity index (χ1) is 8.69. The van der Waals surface area contributed by atoms with Crippen LogP contribution in [0.5, 0.6) is 0 Å². The van der Waals surface area contributed by atoms with Crippen molar-refractivity contribution < 1.29 is 9.59 Å². The first kappa shape index (κ1) is 14.5. The van der Waals surface area contributed by atoms with E-state index in [4.69, 9.17) is 0 Å². The number of rotatable bonds is 5. The summed E-state index contributed by atoms with van der Waals surface area (Å²) < 4.78 is 0. The van der Waals surface area contributed by atoms with Gasteiger partial charge in [0.1, 0.15) is 0 Å². The molecule has 100 valence electrons. The predicted molar refractivity (Wildman–Crippen MR) is 71.8 cm³/mol. The first-order valence-electron chi connectivity index (χ1n) is 6.43. The number of hydrogen-bond donors (Lipinski definition) is 1. The van der Waals surface area contributed by atoms with Crippen LogP contribution in [0.4, 0.5) is 0 Å². The molecule has 1 aliphatic rings. The lowest BCUT2D eigenvalue weighted by Gasteiger charge is -2.25. The molecule has 0 radical (unpaired) electrons. The van der Waals surface area contributed by atoms with E-state index in [0.717, 1.165) is 25.7 Å². The zero-order valence-electron chi connectivity index (χ0n) is 11.1. The van der Waals surface area contributed by atoms with Crippen LogP contribution in [0.1, 0.15) is 39.5 Å². The Labute approximate surface area is 108 Å². The average molecular weight is 251 g/mol. The molecule has 1 fully saturated rings. The fourth-order valence-electron chi connectivity index (χ4n) is 2.21. The Balaban J connectivity index is 2.36. The second kappa shape index (κ2) is 7.74. The van der Waals surface area contributed by atoms with Crippen molar-refractivity contribution in [1.82, 2.24) is 5.43 Å². The summed E-state index contributed by atoms with van der Waals surface area (Å²) >= 11 is 0. The van der Waals surface area contributed by atoms with Crippen molar-refractivity contribution in [3.05, 3.63) is 0 Å². The zero-order chi connectivity index (χ0) is 13.4. The number of hydrogen-bond acceptors (Lipinski definition) is 4. The van der Waals surface area contributed by atoms with Gasteiger partial charge in [0.25, 0.3) is 0 Å². The van der Waals surface area contributed by atoms with Crippen molar-refractivity contribution in [1.29, 1.82) is 0 Å². The minimum Gasteiger partial charge on any atom is -0.297 e. The van der Waals surface area contributed by atoms with Crippen LogP contribution in [0.15, 0.2) is 10.1 Å². The number of carbonyl (C=O) groups excluding carboxylic acids is 2. The van der Waals surface area contributed by atoms with E-state index < -0.39 is 0 Å². The summed E-state index contributed by atoms with van der Waals surface area (Å²) in [5, 5.41) is 3.73. The summed E-state index contributed by atoms with van der Waals surface area (Å²) in [5.74, 6) is 0.226. The number of hydrazone groups is 1. The van der Waals surface area contributed by atoms with Crippen molar-refractivity contribution in [2.45, 2.75) is 39.5 Å². The van der Waals surface area contributed by atoms with E-state index in [9.17, 15) is 9.59 Å². The Bertz CT molecular complexity index is 308. The Hall–Kier alpha value is -1.52. The molecule has 5 nitrogen and oxygen atoms in total. The number of nitrogens with one attached hydrogen (secondary N) is 1. The Morgan fingerprint density at radius 2 is 1.72 bits per heavy atom. The molecule has 0 atom stereocenters. The molecule has 0 unspecified atom stereocenters. The van der Waals surface area contributed by atoms with E-state index in [1.54, 1.807) is 19.4 Å². The lowest BCUT2D eigenvalue weighted by atomic mass is 9.79. The van der Waals surface area contributed by atoms with E-state index in [-0.39, 0.29) is 30.1 Å². The van der Waals surface area contributed by atoms with E-state index >= 15 is 0 Å². The van der Waals surface area contributed by atoms with Crippen LogP contribution >= 0.6 is 0 Å². The molecule has 0 heterocycles. The van der Waals surface area contributed by atoms with Gasteiger partial charge in [-0.15, -0.1) is 0 Å². The molecule has 0 saturated heterocycles. The molecule has 1 aliphatic carbocycles. The quantitative estimate of drug-likeness (QED) is 0.595. The number of ketones is 1. The molecular formula is C13H21N3O2. The number of Topliss-reactive ketones (excluding diaryl/α,β-unsaturated/α-hetero) is 1. The summed E-state index contributed by atoms with van der Waals surface area (Å²) in [4.78, 5) is 27.4. The fourth-order valence-corrected chi connectivity index (χ4v) is 2.21. The Morgan fingerprint density at radius 3 is 2.28 bits per heavy atom. The predicted octanol–water partition coefficient (Wildman–Crippen LogP) is 1.57. The van der Waals surface area contributed by atoms with Crippen molar-refractivity contribution in [2.75, 3.05) is 6.54 Å². The van der Waals surface area contributed by atoms with Gasteiger partial charge in [0.2, 0.25) is 5.91 Å². The van der Waals surface area contributed by atoms with Crippen LogP contribution in [-0.4, -0.2) is 30.7 Å². The fraction of sp³-hybridized carbons (Fsp3) is 0.692. The van der Waals surface area contributed by atoms with Gasteiger partial charge in [-0.2, -0.15) is 5.10 Å². The summed E-state index contributed by atoms with van der Waals surface area (Å²) in [6.45, 7) is 3.84. The van der Waals surface area contributed by atoms with Gasteiger partial charge in [0, 0.05) is 18.1 Å². The van der Waals surface area contributed by atoms with Crippen molar-refractivity contribution in [3.63, 3.8) is 0 Å². The molecule has 0 bridgehead atoms. The lowest BCUT2D eigenvalue weighted by molar-refractivity contribution is -0.128. The second-order valence-electron chi connectivity index (χ2n) is 4.48. The van der Waals surface area contributed by atoms with Crippen molar-refractivity contribution in [3.8, 4) is 0 Å². The minimum absolute atomic E-state index is 0.00701. The summed E-state index contributed by atoms with van der Waals surface area (Å²) in [5.41, 5.74) is 2.50. The normalized spacial score (nSPS) is 24.6. The maximum absolute atomic E-state index is 11.8. The molecule has 0 aromatic heterocycles. The largest absolute Gasteiger partial charge is 0.297 e. The third-order valence-corrected chi connectivity index (χ3v) is 3.29. The monoisotopic (exact) mass is 251 g/mol. The summed E-state index contributed by atoms with van der Waals surface area (Å²) in [6.07, 6.45) is 6.29. The maximum atomic E-state index is 11.8. The highest BCUT2D eigenvalue weighted by Crippen LogP contribution is 2.29. The number of amides is 1. The smallest absolute Gasteiger partial charge is 0.243 e. The minimum atomic E-state index is -0.0365. The molecule has 1 rings (SSSR count).